The molecule has 4 rings (SSSR count). The standard InChI is InChI=1S/C18H14ClN3O2/c1-21-15(10-23)20-16-17(21)13-8-7-11(19)9-14(13)22(18(16)24)12-5-3-2-4-6-12/h2-9,23H,10H2,1H3. The third-order valence-corrected chi connectivity index (χ3v) is 4.44. The molecule has 0 fully saturated rings. The number of imidazole rings is 1. The van der Waals surface area contributed by atoms with Crippen molar-refractivity contribution in [2.75, 3.05) is 0 Å². The topological polar surface area (TPSA) is 60.0 Å². The number of benzene rings is 2. The predicted octanol–water partition coefficient (Wildman–Crippen LogP) is 3.02. The van der Waals surface area contributed by atoms with E-state index in [1.807, 2.05) is 36.4 Å². The maximum atomic E-state index is 13.1. The van der Waals surface area contributed by atoms with Gasteiger partial charge in [0.15, 0.2) is 5.52 Å². The second-order valence-corrected chi connectivity index (χ2v) is 6.02. The molecule has 4 aromatic rings. The number of hydrogen-bond donors (Lipinski definition) is 1. The Bertz CT molecular complexity index is 1130. The van der Waals surface area contributed by atoms with Crippen LogP contribution < -0.4 is 5.56 Å². The Morgan fingerprint density at radius 3 is 2.62 bits per heavy atom. The van der Waals surface area contributed by atoms with Crippen LogP contribution in [-0.4, -0.2) is 19.2 Å². The fraction of sp³-hybridized carbons (Fsp3) is 0.111. The molecule has 0 aliphatic rings. The van der Waals surface area contributed by atoms with Crippen molar-refractivity contribution in [3.05, 3.63) is 69.7 Å². The lowest BCUT2D eigenvalue weighted by atomic mass is 10.1. The highest BCUT2D eigenvalue weighted by atomic mass is 35.5. The molecule has 1 N–H and O–H groups in total. The lowest BCUT2D eigenvalue weighted by molar-refractivity contribution is 0.268. The van der Waals surface area contributed by atoms with Crippen molar-refractivity contribution >= 4 is 33.5 Å². The summed E-state index contributed by atoms with van der Waals surface area (Å²) in [5.41, 5.74) is 2.25. The Hall–Kier alpha value is -2.63. The number of halogens is 1. The number of pyridine rings is 1. The molecule has 0 radical (unpaired) electrons. The first kappa shape index (κ1) is 14.9. The van der Waals surface area contributed by atoms with E-state index in [2.05, 4.69) is 4.98 Å². The molecule has 120 valence electrons. The Kier molecular flexibility index (Phi) is 3.40. The van der Waals surface area contributed by atoms with E-state index in [9.17, 15) is 9.90 Å². The van der Waals surface area contributed by atoms with Crippen molar-refractivity contribution in [1.29, 1.82) is 0 Å². The van der Waals surface area contributed by atoms with Gasteiger partial charge in [0.1, 0.15) is 12.4 Å². The van der Waals surface area contributed by atoms with Crippen molar-refractivity contribution in [2.45, 2.75) is 6.61 Å². The van der Waals surface area contributed by atoms with Gasteiger partial charge in [-0.25, -0.2) is 4.98 Å². The molecule has 24 heavy (non-hydrogen) atoms. The van der Waals surface area contributed by atoms with E-state index in [0.29, 0.717) is 27.4 Å². The molecular formula is C18H14ClN3O2. The summed E-state index contributed by atoms with van der Waals surface area (Å²) in [6.07, 6.45) is 0. The van der Waals surface area contributed by atoms with Crippen molar-refractivity contribution in [3.8, 4) is 5.69 Å². The molecule has 0 unspecified atom stereocenters. The van der Waals surface area contributed by atoms with Crippen LogP contribution >= 0.6 is 11.6 Å². The minimum atomic E-state index is -0.235. The number of nitrogens with zero attached hydrogens (tertiary/aromatic N) is 3. The Labute approximate surface area is 142 Å². The van der Waals surface area contributed by atoms with Gasteiger partial charge in [-0.3, -0.25) is 9.36 Å². The number of aliphatic hydroxyl groups is 1. The molecule has 0 amide bonds. The van der Waals surface area contributed by atoms with Gasteiger partial charge in [0.05, 0.1) is 11.0 Å². The van der Waals surface area contributed by atoms with Crippen LogP contribution in [0.2, 0.25) is 5.02 Å². The zero-order chi connectivity index (χ0) is 16.8. The molecule has 2 aromatic heterocycles. The average molecular weight is 340 g/mol. The van der Waals surface area contributed by atoms with Crippen LogP contribution in [0, 0.1) is 0 Å². The highest BCUT2D eigenvalue weighted by Crippen LogP contribution is 2.27. The van der Waals surface area contributed by atoms with Crippen molar-refractivity contribution in [3.63, 3.8) is 0 Å². The zero-order valence-corrected chi connectivity index (χ0v) is 13.7. The predicted molar refractivity (Wildman–Crippen MR) is 94.7 cm³/mol. The lowest BCUT2D eigenvalue weighted by Crippen LogP contribution is -2.19. The number of aromatic nitrogens is 3. The van der Waals surface area contributed by atoms with Crippen LogP contribution in [0.25, 0.3) is 27.6 Å². The van der Waals surface area contributed by atoms with Gasteiger partial charge in [0.2, 0.25) is 0 Å². The number of para-hydroxylation sites is 1. The van der Waals surface area contributed by atoms with Crippen molar-refractivity contribution in [2.24, 2.45) is 7.05 Å². The highest BCUT2D eigenvalue weighted by molar-refractivity contribution is 6.31. The minimum absolute atomic E-state index is 0.231. The second kappa shape index (κ2) is 5.47. The van der Waals surface area contributed by atoms with Gasteiger partial charge in [0, 0.05) is 23.1 Å². The van der Waals surface area contributed by atoms with Gasteiger partial charge in [-0.15, -0.1) is 0 Å². The highest BCUT2D eigenvalue weighted by Gasteiger charge is 2.18. The fourth-order valence-electron chi connectivity index (χ4n) is 3.08. The molecule has 0 aliphatic carbocycles. The molecule has 0 bridgehead atoms. The number of fused-ring (bicyclic) bond motifs is 3. The van der Waals surface area contributed by atoms with E-state index in [1.54, 1.807) is 28.3 Å². The van der Waals surface area contributed by atoms with Gasteiger partial charge < -0.3 is 9.67 Å². The molecule has 5 nitrogen and oxygen atoms in total. The molecule has 0 aliphatic heterocycles. The van der Waals surface area contributed by atoms with E-state index in [-0.39, 0.29) is 12.2 Å². The van der Waals surface area contributed by atoms with Gasteiger partial charge in [-0.2, -0.15) is 0 Å². The van der Waals surface area contributed by atoms with Crippen LogP contribution in [-0.2, 0) is 13.7 Å². The SMILES string of the molecule is Cn1c(CO)nc2c(=O)n(-c3ccccc3)c3cc(Cl)ccc3c21. The van der Waals surface area contributed by atoms with Gasteiger partial charge in [0.25, 0.3) is 5.56 Å². The van der Waals surface area contributed by atoms with Crippen LogP contribution in [0.15, 0.2) is 53.3 Å². The third kappa shape index (κ3) is 2.06. The van der Waals surface area contributed by atoms with Crippen LogP contribution in [0.5, 0.6) is 0 Å². The Morgan fingerprint density at radius 2 is 1.92 bits per heavy atom. The quantitative estimate of drug-likeness (QED) is 0.610. The third-order valence-electron chi connectivity index (χ3n) is 4.21. The summed E-state index contributed by atoms with van der Waals surface area (Å²) in [4.78, 5) is 17.4. The molecule has 6 heteroatoms. The van der Waals surface area contributed by atoms with Gasteiger partial charge in [-0.1, -0.05) is 29.8 Å². The molecule has 0 spiro atoms. The van der Waals surface area contributed by atoms with E-state index in [1.165, 1.54) is 0 Å². The smallest absolute Gasteiger partial charge is 0.283 e. The van der Waals surface area contributed by atoms with E-state index >= 15 is 0 Å². The first-order valence-corrected chi connectivity index (χ1v) is 7.85. The summed E-state index contributed by atoms with van der Waals surface area (Å²) in [5, 5.41) is 10.9. The molecule has 2 heterocycles. The summed E-state index contributed by atoms with van der Waals surface area (Å²) >= 11 is 6.18. The number of hydrogen-bond acceptors (Lipinski definition) is 3. The van der Waals surface area contributed by atoms with Crippen LogP contribution in [0.1, 0.15) is 5.82 Å². The summed E-state index contributed by atoms with van der Waals surface area (Å²) in [6.45, 7) is -0.231. The first-order valence-electron chi connectivity index (χ1n) is 7.47. The van der Waals surface area contributed by atoms with Crippen molar-refractivity contribution in [1.82, 2.24) is 14.1 Å². The van der Waals surface area contributed by atoms with E-state index in [0.717, 1.165) is 11.1 Å². The lowest BCUT2D eigenvalue weighted by Gasteiger charge is -2.12. The first-order chi connectivity index (χ1) is 11.6. The molecular weight excluding hydrogens is 326 g/mol. The molecule has 0 atom stereocenters. The summed E-state index contributed by atoms with van der Waals surface area (Å²) in [6, 6.07) is 14.8. The summed E-state index contributed by atoms with van der Waals surface area (Å²) in [5.74, 6) is 0.448. The number of aliphatic hydroxyl groups excluding tert-OH is 1. The number of aryl methyl sites for hydroxylation is 1. The van der Waals surface area contributed by atoms with Crippen LogP contribution in [0.4, 0.5) is 0 Å². The normalized spacial score (nSPS) is 11.5. The number of rotatable bonds is 2. The molecule has 0 saturated carbocycles. The molecule has 2 aromatic carbocycles. The van der Waals surface area contributed by atoms with E-state index in [4.69, 9.17) is 11.6 Å². The second-order valence-electron chi connectivity index (χ2n) is 5.58. The fourth-order valence-corrected chi connectivity index (χ4v) is 3.25. The largest absolute Gasteiger partial charge is 0.388 e. The molecule has 0 saturated heterocycles. The maximum absolute atomic E-state index is 13.1. The monoisotopic (exact) mass is 339 g/mol. The minimum Gasteiger partial charge on any atom is -0.388 e. The summed E-state index contributed by atoms with van der Waals surface area (Å²) < 4.78 is 3.36. The Balaban J connectivity index is 2.28. The van der Waals surface area contributed by atoms with Crippen molar-refractivity contribution < 1.29 is 5.11 Å². The average Bonchev–Trinajstić information content (AvgIpc) is 2.93. The maximum Gasteiger partial charge on any atom is 0.283 e. The van der Waals surface area contributed by atoms with E-state index < -0.39 is 0 Å². The Morgan fingerprint density at radius 1 is 1.17 bits per heavy atom. The van der Waals surface area contributed by atoms with Gasteiger partial charge >= 0.3 is 0 Å². The zero-order valence-electron chi connectivity index (χ0n) is 12.9. The van der Waals surface area contributed by atoms with Crippen LogP contribution in [0.3, 0.4) is 0 Å². The van der Waals surface area contributed by atoms with Gasteiger partial charge in [-0.05, 0) is 30.3 Å². The summed E-state index contributed by atoms with van der Waals surface area (Å²) in [7, 11) is 1.79.